The van der Waals surface area contributed by atoms with Gasteiger partial charge in [-0.3, -0.25) is 4.79 Å². The number of nitrogen functional groups attached to an aromatic ring is 1. The molecule has 2 atom stereocenters. The first-order valence-corrected chi connectivity index (χ1v) is 13.4. The maximum Gasteiger partial charge on any atom is 0.410 e. The lowest BCUT2D eigenvalue weighted by atomic mass is 9.98. The van der Waals surface area contributed by atoms with Crippen LogP contribution in [0.15, 0.2) is 48.9 Å². The summed E-state index contributed by atoms with van der Waals surface area (Å²) in [6.45, 7) is 8.11. The van der Waals surface area contributed by atoms with Crippen LogP contribution in [-0.4, -0.2) is 59.8 Å². The quantitative estimate of drug-likeness (QED) is 0.339. The van der Waals surface area contributed by atoms with Gasteiger partial charge < -0.3 is 20.7 Å². The van der Waals surface area contributed by atoms with E-state index in [2.05, 4.69) is 20.3 Å². The fourth-order valence-corrected chi connectivity index (χ4v) is 5.19. The Balaban J connectivity index is 1.50. The summed E-state index contributed by atoms with van der Waals surface area (Å²) >= 11 is 6.72. The van der Waals surface area contributed by atoms with Crippen LogP contribution in [0.2, 0.25) is 5.02 Å². The highest BCUT2D eigenvalue weighted by Gasteiger charge is 2.37. The Hall–Kier alpha value is -4.25. The van der Waals surface area contributed by atoms with Crippen LogP contribution in [0.5, 0.6) is 0 Å². The molecule has 4 aromatic rings. The van der Waals surface area contributed by atoms with Crippen LogP contribution < -0.4 is 11.1 Å². The lowest BCUT2D eigenvalue weighted by Gasteiger charge is -2.39. The molecule has 11 nitrogen and oxygen atoms in total. The summed E-state index contributed by atoms with van der Waals surface area (Å²) in [5.74, 6) is 0.347. The Morgan fingerprint density at radius 2 is 1.95 bits per heavy atom. The Bertz CT molecular complexity index is 1570. The van der Waals surface area contributed by atoms with E-state index >= 15 is 0 Å². The topological polar surface area (TPSA) is 141 Å². The number of likely N-dealkylation sites (tertiary alicyclic amines) is 1. The van der Waals surface area contributed by atoms with Crippen molar-refractivity contribution < 1.29 is 14.3 Å². The van der Waals surface area contributed by atoms with Crippen LogP contribution in [0, 0.1) is 0 Å². The van der Waals surface area contributed by atoms with Gasteiger partial charge in [0, 0.05) is 23.9 Å². The highest BCUT2D eigenvalue weighted by atomic mass is 35.5. The van der Waals surface area contributed by atoms with E-state index in [9.17, 15) is 9.59 Å². The Labute approximate surface area is 236 Å². The van der Waals surface area contributed by atoms with E-state index in [1.165, 1.54) is 6.33 Å². The number of carbonyl (C=O) groups excluding carboxylic acids is 2. The predicted molar refractivity (Wildman–Crippen MR) is 153 cm³/mol. The lowest BCUT2D eigenvalue weighted by molar-refractivity contribution is 0.00371. The zero-order valence-corrected chi connectivity index (χ0v) is 23.5. The van der Waals surface area contributed by atoms with Gasteiger partial charge in [0.1, 0.15) is 29.3 Å². The molecule has 4 heterocycles. The normalized spacial score (nSPS) is 17.6. The van der Waals surface area contributed by atoms with E-state index in [0.717, 1.165) is 12.8 Å². The standard InChI is InChI=1S/C28H31ClN8O3/c1-16-20(8-7-13-36(16)27(39)40-28(2,3)4)37-25-22(24(30)32-15-33-25)23(35-37)18-11-10-17(14-19(18)29)26(38)34-21-9-5-6-12-31-21/h5-6,9-12,14-16,20H,7-8,13H2,1-4H3,(H2,30,32,33)(H,31,34,38)/t16-,20?/m1/s1. The van der Waals surface area contributed by atoms with Crippen LogP contribution in [0.3, 0.4) is 0 Å². The number of pyridine rings is 1. The van der Waals surface area contributed by atoms with Gasteiger partial charge in [-0.05, 0) is 64.8 Å². The molecular weight excluding hydrogens is 532 g/mol. The van der Waals surface area contributed by atoms with Crippen LogP contribution in [-0.2, 0) is 4.74 Å². The van der Waals surface area contributed by atoms with Gasteiger partial charge in [0.25, 0.3) is 5.91 Å². The number of benzene rings is 1. The van der Waals surface area contributed by atoms with Crippen molar-refractivity contribution in [2.24, 2.45) is 0 Å². The number of anilines is 2. The van der Waals surface area contributed by atoms with E-state index in [1.807, 2.05) is 32.4 Å². The fourth-order valence-electron chi connectivity index (χ4n) is 4.92. The number of ether oxygens (including phenoxy) is 1. The van der Waals surface area contributed by atoms with Gasteiger partial charge in [0.05, 0.1) is 22.5 Å². The first-order chi connectivity index (χ1) is 19.0. The number of nitrogens with zero attached hydrogens (tertiary/aromatic N) is 6. The van der Waals surface area contributed by atoms with Gasteiger partial charge in [-0.15, -0.1) is 0 Å². The predicted octanol–water partition coefficient (Wildman–Crippen LogP) is 5.34. The van der Waals surface area contributed by atoms with Crippen LogP contribution >= 0.6 is 11.6 Å². The number of amides is 2. The molecule has 0 aliphatic carbocycles. The van der Waals surface area contributed by atoms with Crippen molar-refractivity contribution in [3.05, 3.63) is 59.5 Å². The number of halogens is 1. The number of rotatable bonds is 4. The Morgan fingerprint density at radius 1 is 1.15 bits per heavy atom. The molecule has 2 amide bonds. The van der Waals surface area contributed by atoms with Crippen molar-refractivity contribution in [2.75, 3.05) is 17.6 Å². The van der Waals surface area contributed by atoms with Crippen molar-refractivity contribution in [3.8, 4) is 11.3 Å². The van der Waals surface area contributed by atoms with Gasteiger partial charge in [-0.1, -0.05) is 23.7 Å². The molecule has 1 saturated heterocycles. The summed E-state index contributed by atoms with van der Waals surface area (Å²) < 4.78 is 7.46. The van der Waals surface area contributed by atoms with Crippen LogP contribution in [0.25, 0.3) is 22.3 Å². The fraction of sp³-hybridized carbons (Fsp3) is 0.357. The molecule has 0 saturated carbocycles. The van der Waals surface area contributed by atoms with Gasteiger partial charge in [0.2, 0.25) is 0 Å². The maximum atomic E-state index is 13.0. The second kappa shape index (κ2) is 10.7. The largest absolute Gasteiger partial charge is 0.444 e. The summed E-state index contributed by atoms with van der Waals surface area (Å²) in [5, 5.41) is 8.55. The van der Waals surface area contributed by atoms with E-state index < -0.39 is 5.60 Å². The van der Waals surface area contributed by atoms with E-state index in [-0.39, 0.29) is 29.9 Å². The number of piperidine rings is 1. The van der Waals surface area contributed by atoms with Crippen molar-refractivity contribution in [2.45, 2.75) is 58.2 Å². The maximum absolute atomic E-state index is 13.0. The van der Waals surface area contributed by atoms with Gasteiger partial charge in [-0.25, -0.2) is 24.4 Å². The zero-order valence-electron chi connectivity index (χ0n) is 22.8. The molecule has 3 aromatic heterocycles. The minimum Gasteiger partial charge on any atom is -0.444 e. The van der Waals surface area contributed by atoms with Crippen molar-refractivity contribution >= 4 is 46.3 Å². The molecule has 1 aliphatic heterocycles. The van der Waals surface area contributed by atoms with Gasteiger partial charge in [-0.2, -0.15) is 5.10 Å². The molecule has 0 spiro atoms. The summed E-state index contributed by atoms with van der Waals surface area (Å²) in [6.07, 6.45) is 4.18. The molecule has 40 heavy (non-hydrogen) atoms. The third kappa shape index (κ3) is 5.42. The molecule has 1 aliphatic rings. The zero-order chi connectivity index (χ0) is 28.6. The molecule has 1 aromatic carbocycles. The van der Waals surface area contributed by atoms with Crippen molar-refractivity contribution in [3.63, 3.8) is 0 Å². The molecule has 0 bridgehead atoms. The smallest absolute Gasteiger partial charge is 0.410 e. The first-order valence-electron chi connectivity index (χ1n) is 13.0. The molecular formula is C28H31ClN8O3. The molecule has 12 heteroatoms. The monoisotopic (exact) mass is 562 g/mol. The van der Waals surface area contributed by atoms with Gasteiger partial charge >= 0.3 is 6.09 Å². The number of carbonyl (C=O) groups is 2. The SMILES string of the molecule is C[C@@H]1C(n2nc(-c3ccc(C(=O)Nc4ccccn4)cc3Cl)c3c(N)ncnc32)CCCN1C(=O)OC(C)(C)C. The molecule has 0 radical (unpaired) electrons. The molecule has 3 N–H and O–H groups in total. The number of nitrogens with two attached hydrogens (primary N) is 1. The van der Waals surface area contributed by atoms with Crippen LogP contribution in [0.4, 0.5) is 16.4 Å². The lowest BCUT2D eigenvalue weighted by Crippen LogP contribution is -2.49. The third-order valence-electron chi connectivity index (χ3n) is 6.80. The number of aromatic nitrogens is 5. The third-order valence-corrected chi connectivity index (χ3v) is 7.11. The summed E-state index contributed by atoms with van der Waals surface area (Å²) in [4.78, 5) is 40.3. The molecule has 1 unspecified atom stereocenters. The highest BCUT2D eigenvalue weighted by molar-refractivity contribution is 6.34. The minimum atomic E-state index is -0.603. The number of nitrogens with one attached hydrogen (secondary N) is 1. The number of hydrogen-bond donors (Lipinski definition) is 2. The second-order valence-corrected chi connectivity index (χ2v) is 11.1. The van der Waals surface area contributed by atoms with Crippen molar-refractivity contribution in [1.29, 1.82) is 0 Å². The van der Waals surface area contributed by atoms with E-state index in [4.69, 9.17) is 27.2 Å². The number of hydrogen-bond acceptors (Lipinski definition) is 8. The second-order valence-electron chi connectivity index (χ2n) is 10.7. The summed E-state index contributed by atoms with van der Waals surface area (Å²) in [6, 6.07) is 9.82. The number of fused-ring (bicyclic) bond motifs is 1. The highest BCUT2D eigenvalue weighted by Crippen LogP contribution is 2.38. The van der Waals surface area contributed by atoms with Gasteiger partial charge in [0.15, 0.2) is 5.65 Å². The molecule has 5 rings (SSSR count). The average molecular weight is 563 g/mol. The average Bonchev–Trinajstić information content (AvgIpc) is 3.28. The molecule has 1 fully saturated rings. The first kappa shape index (κ1) is 27.3. The Morgan fingerprint density at radius 3 is 2.65 bits per heavy atom. The van der Waals surface area contributed by atoms with Crippen LogP contribution in [0.1, 0.15) is 56.9 Å². The summed E-state index contributed by atoms with van der Waals surface area (Å²) in [7, 11) is 0. The molecule has 208 valence electrons. The van der Waals surface area contributed by atoms with E-state index in [1.54, 1.807) is 47.5 Å². The minimum absolute atomic E-state index is 0.186. The summed E-state index contributed by atoms with van der Waals surface area (Å²) in [5.41, 5.74) is 7.70. The van der Waals surface area contributed by atoms with E-state index in [0.29, 0.717) is 45.2 Å². The van der Waals surface area contributed by atoms with Crippen molar-refractivity contribution in [1.82, 2.24) is 29.6 Å². The Kier molecular flexibility index (Phi) is 7.33.